The lowest BCUT2D eigenvalue weighted by Gasteiger charge is -2.16. The van der Waals surface area contributed by atoms with Gasteiger partial charge in [0.05, 0.1) is 12.7 Å². The van der Waals surface area contributed by atoms with Crippen LogP contribution in [0.4, 0.5) is 0 Å². The van der Waals surface area contributed by atoms with Gasteiger partial charge >= 0.3 is 5.97 Å². The highest BCUT2D eigenvalue weighted by molar-refractivity contribution is 6.30. The smallest absolute Gasteiger partial charge is 0.323 e. The van der Waals surface area contributed by atoms with Crippen molar-refractivity contribution < 1.29 is 19.4 Å². The van der Waals surface area contributed by atoms with Crippen LogP contribution in [0.1, 0.15) is 10.4 Å². The first-order valence-electron chi connectivity index (χ1n) is 4.76. The molecular weight excluding hydrogens is 246 g/mol. The van der Waals surface area contributed by atoms with Crippen molar-refractivity contribution >= 4 is 23.5 Å². The Balaban J connectivity index is 2.99. The van der Waals surface area contributed by atoms with Gasteiger partial charge in [0.15, 0.2) is 0 Å². The topological polar surface area (TPSA) is 66.8 Å². The number of halogens is 1. The van der Waals surface area contributed by atoms with E-state index in [1.54, 1.807) is 6.07 Å². The third-order valence-electron chi connectivity index (χ3n) is 2.11. The maximum Gasteiger partial charge on any atom is 0.323 e. The summed E-state index contributed by atoms with van der Waals surface area (Å²) in [4.78, 5) is 23.5. The van der Waals surface area contributed by atoms with Crippen LogP contribution in [-0.4, -0.2) is 42.6 Å². The minimum absolute atomic E-state index is 0.278. The SMILES string of the molecule is COc1cc(Cl)ccc1C(=O)N(C)CC(=O)O. The van der Waals surface area contributed by atoms with Crippen molar-refractivity contribution in [2.45, 2.75) is 0 Å². The van der Waals surface area contributed by atoms with Crippen molar-refractivity contribution in [2.24, 2.45) is 0 Å². The number of ether oxygens (including phenoxy) is 1. The molecule has 0 fully saturated rings. The van der Waals surface area contributed by atoms with Crippen LogP contribution in [0, 0.1) is 0 Å². The van der Waals surface area contributed by atoms with Gasteiger partial charge < -0.3 is 14.7 Å². The molecule has 0 aliphatic carbocycles. The highest BCUT2D eigenvalue weighted by atomic mass is 35.5. The molecule has 0 atom stereocenters. The standard InChI is InChI=1S/C11H12ClNO4/c1-13(6-10(14)15)11(16)8-4-3-7(12)5-9(8)17-2/h3-5H,6H2,1-2H3,(H,14,15). The van der Waals surface area contributed by atoms with Crippen molar-refractivity contribution in [3.05, 3.63) is 28.8 Å². The number of carbonyl (C=O) groups is 2. The molecule has 0 heterocycles. The first-order valence-corrected chi connectivity index (χ1v) is 5.14. The van der Waals surface area contributed by atoms with Gasteiger partial charge in [-0.05, 0) is 18.2 Å². The second kappa shape index (κ2) is 5.54. The maximum absolute atomic E-state index is 11.9. The van der Waals surface area contributed by atoms with E-state index in [2.05, 4.69) is 0 Å². The van der Waals surface area contributed by atoms with Crippen LogP contribution < -0.4 is 4.74 Å². The molecule has 0 aromatic heterocycles. The third-order valence-corrected chi connectivity index (χ3v) is 2.35. The van der Waals surface area contributed by atoms with Gasteiger partial charge in [-0.15, -0.1) is 0 Å². The number of aliphatic carboxylic acids is 1. The van der Waals surface area contributed by atoms with Gasteiger partial charge in [-0.25, -0.2) is 0 Å². The number of carboxylic acids is 1. The highest BCUT2D eigenvalue weighted by Gasteiger charge is 2.18. The van der Waals surface area contributed by atoms with Crippen molar-refractivity contribution in [2.75, 3.05) is 20.7 Å². The number of rotatable bonds is 4. The first kappa shape index (κ1) is 13.3. The zero-order chi connectivity index (χ0) is 13.0. The average molecular weight is 258 g/mol. The van der Waals surface area contributed by atoms with Gasteiger partial charge in [0.1, 0.15) is 12.3 Å². The largest absolute Gasteiger partial charge is 0.496 e. The third kappa shape index (κ3) is 3.35. The van der Waals surface area contributed by atoms with E-state index in [0.29, 0.717) is 10.8 Å². The Bertz CT molecular complexity index is 447. The average Bonchev–Trinajstić information content (AvgIpc) is 2.27. The fourth-order valence-electron chi connectivity index (χ4n) is 1.32. The fourth-order valence-corrected chi connectivity index (χ4v) is 1.48. The molecule has 0 saturated carbocycles. The number of carboxylic acid groups (broad SMARTS) is 1. The molecule has 1 aromatic rings. The summed E-state index contributed by atoms with van der Waals surface area (Å²) in [6.07, 6.45) is 0. The van der Waals surface area contributed by atoms with Crippen LogP contribution >= 0.6 is 11.6 Å². The molecule has 0 bridgehead atoms. The maximum atomic E-state index is 11.9. The summed E-state index contributed by atoms with van der Waals surface area (Å²) in [6, 6.07) is 4.55. The molecule has 1 aromatic carbocycles. The molecule has 0 spiro atoms. The number of likely N-dealkylation sites (N-methyl/N-ethyl adjacent to an activating group) is 1. The summed E-state index contributed by atoms with van der Waals surface area (Å²) in [5.74, 6) is -1.19. The zero-order valence-electron chi connectivity index (χ0n) is 9.44. The monoisotopic (exact) mass is 257 g/mol. The number of nitrogens with zero attached hydrogens (tertiary/aromatic N) is 1. The molecule has 1 rings (SSSR count). The Kier molecular flexibility index (Phi) is 4.34. The van der Waals surface area contributed by atoms with E-state index in [4.69, 9.17) is 21.4 Å². The summed E-state index contributed by atoms with van der Waals surface area (Å²) >= 11 is 5.77. The number of hydrogen-bond acceptors (Lipinski definition) is 3. The van der Waals surface area contributed by atoms with Crippen LogP contribution in [0.15, 0.2) is 18.2 Å². The molecule has 0 saturated heterocycles. The van der Waals surface area contributed by atoms with Crippen molar-refractivity contribution in [1.29, 1.82) is 0 Å². The molecule has 0 aliphatic rings. The van der Waals surface area contributed by atoms with E-state index in [1.165, 1.54) is 26.3 Å². The summed E-state index contributed by atoms with van der Waals surface area (Å²) in [6.45, 7) is -0.370. The van der Waals surface area contributed by atoms with Gasteiger partial charge in [-0.2, -0.15) is 0 Å². The van der Waals surface area contributed by atoms with E-state index in [9.17, 15) is 9.59 Å². The van der Waals surface area contributed by atoms with E-state index >= 15 is 0 Å². The van der Waals surface area contributed by atoms with Gasteiger partial charge in [0.25, 0.3) is 5.91 Å². The molecule has 0 unspecified atom stereocenters. The normalized spacial score (nSPS) is 9.82. The predicted octanol–water partition coefficient (Wildman–Crippen LogP) is 1.51. The Labute approximate surface area is 104 Å². The van der Waals surface area contributed by atoms with E-state index in [-0.39, 0.29) is 12.1 Å². The van der Waals surface area contributed by atoms with Crippen LogP contribution in [-0.2, 0) is 4.79 Å². The van der Waals surface area contributed by atoms with E-state index in [1.807, 2.05) is 0 Å². The predicted molar refractivity (Wildman–Crippen MR) is 62.6 cm³/mol. The fraction of sp³-hybridized carbons (Fsp3) is 0.273. The number of hydrogen-bond donors (Lipinski definition) is 1. The van der Waals surface area contributed by atoms with E-state index < -0.39 is 11.9 Å². The molecule has 92 valence electrons. The molecule has 0 radical (unpaired) electrons. The molecule has 6 heteroatoms. The molecular formula is C11H12ClNO4. The van der Waals surface area contributed by atoms with Crippen molar-refractivity contribution in [1.82, 2.24) is 4.90 Å². The summed E-state index contributed by atoms with van der Waals surface area (Å²) in [5.41, 5.74) is 0.278. The van der Waals surface area contributed by atoms with E-state index in [0.717, 1.165) is 4.90 Å². The lowest BCUT2D eigenvalue weighted by atomic mass is 10.1. The quantitative estimate of drug-likeness (QED) is 0.888. The zero-order valence-corrected chi connectivity index (χ0v) is 10.2. The number of carbonyl (C=O) groups excluding carboxylic acids is 1. The number of amides is 1. The Morgan fingerprint density at radius 1 is 1.47 bits per heavy atom. The first-order chi connectivity index (χ1) is 7.95. The Morgan fingerprint density at radius 3 is 2.65 bits per heavy atom. The molecule has 17 heavy (non-hydrogen) atoms. The number of methoxy groups -OCH3 is 1. The van der Waals surface area contributed by atoms with Gasteiger partial charge in [-0.3, -0.25) is 9.59 Å². The van der Waals surface area contributed by atoms with Gasteiger partial charge in [0, 0.05) is 12.1 Å². The van der Waals surface area contributed by atoms with Crippen molar-refractivity contribution in [3.8, 4) is 5.75 Å². The van der Waals surface area contributed by atoms with Gasteiger partial charge in [-0.1, -0.05) is 11.6 Å². The van der Waals surface area contributed by atoms with Crippen LogP contribution in [0.2, 0.25) is 5.02 Å². The summed E-state index contributed by atoms with van der Waals surface area (Å²) < 4.78 is 5.02. The lowest BCUT2D eigenvalue weighted by molar-refractivity contribution is -0.137. The summed E-state index contributed by atoms with van der Waals surface area (Å²) in [7, 11) is 2.82. The highest BCUT2D eigenvalue weighted by Crippen LogP contribution is 2.24. The minimum Gasteiger partial charge on any atom is -0.496 e. The number of benzene rings is 1. The van der Waals surface area contributed by atoms with Crippen LogP contribution in [0.25, 0.3) is 0 Å². The van der Waals surface area contributed by atoms with Crippen LogP contribution in [0.3, 0.4) is 0 Å². The second-order valence-electron chi connectivity index (χ2n) is 3.40. The summed E-state index contributed by atoms with van der Waals surface area (Å²) in [5, 5.41) is 9.05. The van der Waals surface area contributed by atoms with Crippen LogP contribution in [0.5, 0.6) is 5.75 Å². The molecule has 0 aliphatic heterocycles. The Hall–Kier alpha value is -1.75. The van der Waals surface area contributed by atoms with Crippen molar-refractivity contribution in [3.63, 3.8) is 0 Å². The Morgan fingerprint density at radius 2 is 2.12 bits per heavy atom. The molecule has 1 N–H and O–H groups in total. The van der Waals surface area contributed by atoms with Gasteiger partial charge in [0.2, 0.25) is 0 Å². The minimum atomic E-state index is -1.08. The molecule has 1 amide bonds. The molecule has 5 nitrogen and oxygen atoms in total. The second-order valence-corrected chi connectivity index (χ2v) is 3.84. The lowest BCUT2D eigenvalue weighted by Crippen LogP contribution is -2.32.